The van der Waals surface area contributed by atoms with E-state index in [1.807, 2.05) is 19.9 Å². The second kappa shape index (κ2) is 8.38. The molecule has 2 aromatic rings. The Labute approximate surface area is 169 Å². The van der Waals surface area contributed by atoms with E-state index in [1.165, 1.54) is 19.1 Å². The fourth-order valence-electron chi connectivity index (χ4n) is 3.07. The third-order valence-electron chi connectivity index (χ3n) is 4.41. The fraction of sp³-hybridized carbons (Fsp3) is 0.350. The molecule has 1 aliphatic heterocycles. The van der Waals surface area contributed by atoms with E-state index >= 15 is 0 Å². The summed E-state index contributed by atoms with van der Waals surface area (Å²) in [6.45, 7) is 5.54. The highest BCUT2D eigenvalue weighted by Crippen LogP contribution is 2.38. The van der Waals surface area contributed by atoms with Crippen LogP contribution in [0.15, 0.2) is 41.3 Å². The van der Waals surface area contributed by atoms with E-state index < -0.39 is 32.7 Å². The second-order valence-corrected chi connectivity index (χ2v) is 8.47. The molecule has 0 spiro atoms. The van der Waals surface area contributed by atoms with Crippen molar-refractivity contribution in [2.75, 3.05) is 11.9 Å². The van der Waals surface area contributed by atoms with Gasteiger partial charge in [-0.2, -0.15) is 4.72 Å². The van der Waals surface area contributed by atoms with Gasteiger partial charge in [0, 0.05) is 18.1 Å². The molecule has 1 aliphatic rings. The molecular formula is C20H23FN2O5S. The van der Waals surface area contributed by atoms with E-state index in [-0.39, 0.29) is 6.10 Å². The van der Waals surface area contributed by atoms with Crippen LogP contribution in [0.5, 0.6) is 11.5 Å². The Balaban J connectivity index is 1.78. The molecule has 0 radical (unpaired) electrons. The Morgan fingerprint density at radius 1 is 1.34 bits per heavy atom. The molecule has 29 heavy (non-hydrogen) atoms. The monoisotopic (exact) mass is 422 g/mol. The first-order chi connectivity index (χ1) is 13.7. The molecule has 0 saturated heterocycles. The third kappa shape index (κ3) is 4.68. The molecule has 0 unspecified atom stereocenters. The van der Waals surface area contributed by atoms with E-state index in [2.05, 4.69) is 10.0 Å². The van der Waals surface area contributed by atoms with Gasteiger partial charge in [0.2, 0.25) is 15.9 Å². The summed E-state index contributed by atoms with van der Waals surface area (Å²) in [5.74, 6) is -0.384. The van der Waals surface area contributed by atoms with Crippen molar-refractivity contribution in [3.63, 3.8) is 0 Å². The molecule has 156 valence electrons. The molecule has 0 aromatic heterocycles. The maximum Gasteiger partial charge on any atom is 0.244 e. The van der Waals surface area contributed by atoms with Crippen LogP contribution in [0.3, 0.4) is 0 Å². The summed E-state index contributed by atoms with van der Waals surface area (Å²) in [5, 5.41) is 2.66. The lowest BCUT2D eigenvalue weighted by Gasteiger charge is -2.17. The van der Waals surface area contributed by atoms with Crippen LogP contribution in [0.2, 0.25) is 0 Å². The third-order valence-corrected chi connectivity index (χ3v) is 5.98. The first-order valence-corrected chi connectivity index (χ1v) is 10.7. The van der Waals surface area contributed by atoms with Crippen molar-refractivity contribution in [2.24, 2.45) is 0 Å². The highest BCUT2D eigenvalue weighted by Gasteiger charge is 2.27. The smallest absolute Gasteiger partial charge is 0.244 e. The number of anilines is 1. The zero-order chi connectivity index (χ0) is 21.2. The Morgan fingerprint density at radius 2 is 2.07 bits per heavy atom. The van der Waals surface area contributed by atoms with E-state index in [0.29, 0.717) is 23.8 Å². The Morgan fingerprint density at radius 3 is 2.76 bits per heavy atom. The van der Waals surface area contributed by atoms with Crippen LogP contribution in [0.1, 0.15) is 26.3 Å². The van der Waals surface area contributed by atoms with Crippen LogP contribution in [-0.4, -0.2) is 33.1 Å². The number of hydrogen-bond acceptors (Lipinski definition) is 5. The number of ether oxygens (including phenoxy) is 2. The highest BCUT2D eigenvalue weighted by molar-refractivity contribution is 7.89. The number of carbonyl (C=O) groups excluding carboxylic acids is 1. The number of benzene rings is 2. The average Bonchev–Trinajstić information content (AvgIpc) is 3.00. The maximum atomic E-state index is 13.8. The van der Waals surface area contributed by atoms with Crippen LogP contribution >= 0.6 is 0 Å². The summed E-state index contributed by atoms with van der Waals surface area (Å²) in [6, 6.07) is 7.29. The normalized spacial score (nSPS) is 16.6. The number of carbonyl (C=O) groups is 1. The van der Waals surface area contributed by atoms with Gasteiger partial charge in [-0.25, -0.2) is 12.8 Å². The predicted molar refractivity (Wildman–Crippen MR) is 106 cm³/mol. The van der Waals surface area contributed by atoms with Crippen LogP contribution in [-0.2, 0) is 21.2 Å². The van der Waals surface area contributed by atoms with E-state index in [9.17, 15) is 17.6 Å². The van der Waals surface area contributed by atoms with E-state index in [4.69, 9.17) is 9.47 Å². The molecule has 9 heteroatoms. The van der Waals surface area contributed by atoms with Crippen molar-refractivity contribution in [3.8, 4) is 11.5 Å². The minimum atomic E-state index is -4.21. The Bertz CT molecular complexity index is 1030. The molecule has 1 heterocycles. The first-order valence-electron chi connectivity index (χ1n) is 9.25. The van der Waals surface area contributed by atoms with Crippen LogP contribution in [0.4, 0.5) is 10.1 Å². The molecule has 7 nitrogen and oxygen atoms in total. The number of nitrogens with one attached hydrogen (secondary N) is 2. The fourth-order valence-corrected chi connectivity index (χ4v) is 4.35. The van der Waals surface area contributed by atoms with Crippen molar-refractivity contribution < 1.29 is 27.1 Å². The number of halogens is 1. The predicted octanol–water partition coefficient (Wildman–Crippen LogP) is 2.85. The van der Waals surface area contributed by atoms with Crippen molar-refractivity contribution in [1.82, 2.24) is 4.72 Å². The molecule has 0 saturated carbocycles. The second-order valence-electron chi connectivity index (χ2n) is 6.78. The minimum absolute atomic E-state index is 0.0249. The molecule has 2 aromatic carbocycles. The summed E-state index contributed by atoms with van der Waals surface area (Å²) in [5.41, 5.74) is 1.36. The van der Waals surface area contributed by atoms with Gasteiger partial charge in [0.15, 0.2) is 0 Å². The number of hydrogen-bond donors (Lipinski definition) is 2. The lowest BCUT2D eigenvalue weighted by molar-refractivity contribution is -0.117. The molecule has 0 aliphatic carbocycles. The summed E-state index contributed by atoms with van der Waals surface area (Å²) in [7, 11) is -4.21. The van der Waals surface area contributed by atoms with E-state index in [0.717, 1.165) is 24.1 Å². The number of amides is 1. The molecule has 1 amide bonds. The first kappa shape index (κ1) is 21.1. The van der Waals surface area contributed by atoms with Crippen LogP contribution in [0.25, 0.3) is 0 Å². The topological polar surface area (TPSA) is 93.7 Å². The largest absolute Gasteiger partial charge is 0.492 e. The average molecular weight is 422 g/mol. The molecule has 2 atom stereocenters. The van der Waals surface area contributed by atoms with Crippen molar-refractivity contribution >= 4 is 21.6 Å². The van der Waals surface area contributed by atoms with Gasteiger partial charge in [0.05, 0.1) is 18.3 Å². The quantitative estimate of drug-likeness (QED) is 0.716. The number of rotatable bonds is 7. The van der Waals surface area contributed by atoms with Crippen LogP contribution in [0, 0.1) is 5.82 Å². The Hall–Kier alpha value is -2.65. The number of sulfonamides is 1. The SMILES string of the molecule is CCOc1cc2c(cc1NC(=O)[C@@H](C)NS(=O)(=O)c1ccccc1F)O[C@H](C)C2. The maximum absolute atomic E-state index is 13.8. The molecule has 2 N–H and O–H groups in total. The van der Waals surface area contributed by atoms with Crippen molar-refractivity contribution in [2.45, 2.75) is 44.2 Å². The minimum Gasteiger partial charge on any atom is -0.492 e. The van der Waals surface area contributed by atoms with Crippen molar-refractivity contribution in [3.05, 3.63) is 47.8 Å². The summed E-state index contributed by atoms with van der Waals surface area (Å²) < 4.78 is 52.1. The van der Waals surface area contributed by atoms with Crippen LogP contribution < -0.4 is 19.5 Å². The van der Waals surface area contributed by atoms with Gasteiger partial charge < -0.3 is 14.8 Å². The van der Waals surface area contributed by atoms with Gasteiger partial charge in [-0.1, -0.05) is 12.1 Å². The molecule has 0 bridgehead atoms. The van der Waals surface area contributed by atoms with Gasteiger partial charge >= 0.3 is 0 Å². The van der Waals surface area contributed by atoms with Gasteiger partial charge in [0.1, 0.15) is 28.3 Å². The number of fused-ring (bicyclic) bond motifs is 1. The zero-order valence-corrected chi connectivity index (χ0v) is 17.2. The van der Waals surface area contributed by atoms with Gasteiger partial charge in [-0.05, 0) is 39.0 Å². The van der Waals surface area contributed by atoms with Gasteiger partial charge in [-0.3, -0.25) is 4.79 Å². The van der Waals surface area contributed by atoms with E-state index in [1.54, 1.807) is 6.07 Å². The van der Waals surface area contributed by atoms with Gasteiger partial charge in [0.25, 0.3) is 0 Å². The zero-order valence-electron chi connectivity index (χ0n) is 16.4. The molecule has 3 rings (SSSR count). The summed E-state index contributed by atoms with van der Waals surface area (Å²) in [4.78, 5) is 12.1. The van der Waals surface area contributed by atoms with Crippen molar-refractivity contribution in [1.29, 1.82) is 0 Å². The molecule has 0 fully saturated rings. The van der Waals surface area contributed by atoms with Gasteiger partial charge in [-0.15, -0.1) is 0 Å². The molecular weight excluding hydrogens is 399 g/mol. The summed E-state index contributed by atoms with van der Waals surface area (Å²) >= 11 is 0. The lowest BCUT2D eigenvalue weighted by Crippen LogP contribution is -2.41. The summed E-state index contributed by atoms with van der Waals surface area (Å²) in [6.07, 6.45) is 0.764. The highest BCUT2D eigenvalue weighted by atomic mass is 32.2. The Kier molecular flexibility index (Phi) is 6.09. The lowest BCUT2D eigenvalue weighted by atomic mass is 10.1. The standard InChI is InChI=1S/C20H23FN2O5S/c1-4-27-18-10-14-9-12(2)28-17(14)11-16(18)22-20(24)13(3)23-29(25,26)19-8-6-5-7-15(19)21/h5-8,10-13,23H,4,9H2,1-3H3,(H,22,24)/t12-,13-/m1/s1.